The van der Waals surface area contributed by atoms with Gasteiger partial charge in [0.1, 0.15) is 0 Å². The summed E-state index contributed by atoms with van der Waals surface area (Å²) in [7, 11) is 0. The Labute approximate surface area is 254 Å². The van der Waals surface area contributed by atoms with Crippen LogP contribution in [0.5, 0.6) is 0 Å². The van der Waals surface area contributed by atoms with Crippen LogP contribution in [0.4, 0.5) is 10.8 Å². The molecule has 0 atom stereocenters. The second-order valence-electron chi connectivity index (χ2n) is 8.37. The Hall–Kier alpha value is -3.00. The molecule has 40 heavy (non-hydrogen) atoms. The van der Waals surface area contributed by atoms with Gasteiger partial charge in [0, 0.05) is 5.75 Å². The van der Waals surface area contributed by atoms with Crippen LogP contribution in [-0.2, 0) is 10.5 Å². The second kappa shape index (κ2) is 11.5. The molecule has 2 aromatic heterocycles. The van der Waals surface area contributed by atoms with Gasteiger partial charge in [0.25, 0.3) is 11.8 Å². The molecule has 3 amide bonds. The maximum atomic E-state index is 12.8. The fraction of sp³-hybridized carbons (Fsp3) is 0.0769. The van der Waals surface area contributed by atoms with Crippen molar-refractivity contribution in [1.82, 2.24) is 15.2 Å². The number of thiazole rings is 1. The first-order valence-electron chi connectivity index (χ1n) is 11.6. The quantitative estimate of drug-likeness (QED) is 0.107. The summed E-state index contributed by atoms with van der Waals surface area (Å²) in [5, 5.41) is 12.4. The highest BCUT2D eigenvalue weighted by molar-refractivity contribution is 8.01. The predicted molar refractivity (Wildman–Crippen MR) is 162 cm³/mol. The van der Waals surface area contributed by atoms with Crippen molar-refractivity contribution in [3.63, 3.8) is 0 Å². The summed E-state index contributed by atoms with van der Waals surface area (Å²) in [5.74, 6) is -0.141. The van der Waals surface area contributed by atoms with Crippen molar-refractivity contribution < 1.29 is 14.4 Å². The van der Waals surface area contributed by atoms with Crippen molar-refractivity contribution in [3.8, 4) is 0 Å². The van der Waals surface area contributed by atoms with Crippen molar-refractivity contribution in [2.24, 2.45) is 0 Å². The Balaban J connectivity index is 1.05. The first-order chi connectivity index (χ1) is 19.4. The Kier molecular flexibility index (Phi) is 7.80. The molecule has 0 unspecified atom stereocenters. The van der Waals surface area contributed by atoms with Crippen LogP contribution in [0.3, 0.4) is 0 Å². The van der Waals surface area contributed by atoms with Crippen LogP contribution in [0.1, 0.15) is 26.3 Å². The van der Waals surface area contributed by atoms with Crippen LogP contribution >= 0.6 is 69.4 Å². The van der Waals surface area contributed by atoms with Crippen LogP contribution in [0.25, 0.3) is 10.2 Å². The molecule has 0 bridgehead atoms. The van der Waals surface area contributed by atoms with Gasteiger partial charge in [0.05, 0.1) is 42.8 Å². The average Bonchev–Trinajstić information content (AvgIpc) is 3.64. The third-order valence-corrected chi connectivity index (χ3v) is 10.7. The Morgan fingerprint density at radius 3 is 2.40 bits per heavy atom. The first kappa shape index (κ1) is 27.2. The highest BCUT2D eigenvalue weighted by Crippen LogP contribution is 2.35. The molecule has 14 heteroatoms. The topological polar surface area (TPSA) is 105 Å². The zero-order valence-electron chi connectivity index (χ0n) is 20.1. The molecule has 5 aromatic rings. The average molecular weight is 645 g/mol. The number of rotatable bonds is 8. The zero-order valence-corrected chi connectivity index (χ0v) is 24.9. The van der Waals surface area contributed by atoms with Gasteiger partial charge in [-0.05, 0) is 48.0 Å². The number of nitrogens with zero attached hydrogens (tertiary/aromatic N) is 4. The molecule has 0 radical (unpaired) electrons. The summed E-state index contributed by atoms with van der Waals surface area (Å²) in [5.41, 5.74) is 3.00. The summed E-state index contributed by atoms with van der Waals surface area (Å²) >= 11 is 17.5. The molecule has 1 N–H and O–H groups in total. The summed E-state index contributed by atoms with van der Waals surface area (Å²) in [6, 6.07) is 17.5. The molecule has 8 nitrogen and oxygen atoms in total. The van der Waals surface area contributed by atoms with Crippen LogP contribution < -0.4 is 10.2 Å². The molecular formula is C26H15Cl2N5O3S4. The van der Waals surface area contributed by atoms with Gasteiger partial charge in [-0.25, -0.2) is 9.88 Å². The van der Waals surface area contributed by atoms with E-state index < -0.39 is 0 Å². The minimum Gasteiger partial charge on any atom is -0.300 e. The first-order valence-corrected chi connectivity index (χ1v) is 15.9. The summed E-state index contributed by atoms with van der Waals surface area (Å²) in [4.78, 5) is 43.9. The number of hydrogen-bond acceptors (Lipinski definition) is 10. The van der Waals surface area contributed by atoms with E-state index in [0.717, 1.165) is 15.8 Å². The predicted octanol–water partition coefficient (Wildman–Crippen LogP) is 7.28. The number of thioether (sulfide) groups is 2. The summed E-state index contributed by atoms with van der Waals surface area (Å²) in [6.45, 7) is 0. The monoisotopic (exact) mass is 643 g/mol. The number of carbonyl (C=O) groups is 3. The molecule has 200 valence electrons. The highest BCUT2D eigenvalue weighted by atomic mass is 35.5. The van der Waals surface area contributed by atoms with Crippen LogP contribution in [0.15, 0.2) is 69.3 Å². The van der Waals surface area contributed by atoms with E-state index in [9.17, 15) is 14.4 Å². The van der Waals surface area contributed by atoms with E-state index in [4.69, 9.17) is 23.2 Å². The molecular weight excluding hydrogens is 629 g/mol. The number of carbonyl (C=O) groups excluding carboxylic acids is 3. The van der Waals surface area contributed by atoms with Gasteiger partial charge in [0.2, 0.25) is 11.0 Å². The fourth-order valence-corrected chi connectivity index (χ4v) is 7.83. The van der Waals surface area contributed by atoms with Crippen molar-refractivity contribution in [2.45, 2.75) is 14.4 Å². The molecule has 0 saturated heterocycles. The number of amides is 3. The number of benzene rings is 3. The lowest BCUT2D eigenvalue weighted by Crippen LogP contribution is -2.29. The van der Waals surface area contributed by atoms with E-state index in [1.54, 1.807) is 48.5 Å². The van der Waals surface area contributed by atoms with Crippen molar-refractivity contribution >= 4 is 108 Å². The molecule has 0 saturated carbocycles. The maximum absolute atomic E-state index is 12.8. The minimum absolute atomic E-state index is 0.135. The Morgan fingerprint density at radius 2 is 1.65 bits per heavy atom. The molecule has 1 aliphatic rings. The molecule has 0 spiro atoms. The molecule has 0 fully saturated rings. The van der Waals surface area contributed by atoms with E-state index in [-0.39, 0.29) is 23.5 Å². The van der Waals surface area contributed by atoms with Gasteiger partial charge in [-0.3, -0.25) is 19.7 Å². The number of anilines is 2. The van der Waals surface area contributed by atoms with E-state index in [1.807, 2.05) is 12.1 Å². The Bertz CT molecular complexity index is 1770. The van der Waals surface area contributed by atoms with E-state index in [1.165, 1.54) is 51.1 Å². The number of hydrogen-bond donors (Lipinski definition) is 1. The Morgan fingerprint density at radius 1 is 0.875 bits per heavy atom. The third kappa shape index (κ3) is 5.60. The van der Waals surface area contributed by atoms with Crippen LogP contribution in [0.2, 0.25) is 10.0 Å². The number of imide groups is 1. The number of halogens is 2. The minimum atomic E-state index is -0.344. The van der Waals surface area contributed by atoms with Crippen LogP contribution in [-0.4, -0.2) is 38.7 Å². The number of fused-ring (bicyclic) bond motifs is 2. The van der Waals surface area contributed by atoms with Gasteiger partial charge in [0.15, 0.2) is 8.68 Å². The zero-order chi connectivity index (χ0) is 27.8. The largest absolute Gasteiger partial charge is 0.300 e. The van der Waals surface area contributed by atoms with Crippen molar-refractivity contribution in [2.75, 3.05) is 16.0 Å². The normalized spacial score (nSPS) is 12.8. The maximum Gasteiger partial charge on any atom is 0.266 e. The van der Waals surface area contributed by atoms with Gasteiger partial charge >= 0.3 is 0 Å². The summed E-state index contributed by atoms with van der Waals surface area (Å²) < 4.78 is 2.22. The van der Waals surface area contributed by atoms with E-state index in [2.05, 4.69) is 20.5 Å². The second-order valence-corrected chi connectivity index (χ2v) is 13.6. The SMILES string of the molecule is O=C(CSc1nc2ccc(N3C(=O)c4ccccc4C3=O)cc2s1)Nc1nnc(SCc2ccc(Cl)c(Cl)c2)s1. The van der Waals surface area contributed by atoms with Crippen molar-refractivity contribution in [1.29, 1.82) is 0 Å². The lowest BCUT2D eigenvalue weighted by molar-refractivity contribution is -0.113. The third-order valence-electron chi connectivity index (χ3n) is 5.73. The number of aromatic nitrogens is 3. The standard InChI is InChI=1S/C26H15Cl2N5O3S4/c27-17-7-5-13(9-18(17)28)11-37-26-32-31-24(40-26)30-21(34)12-38-25-29-19-8-6-14(10-20(19)39-25)33-22(35)15-3-1-2-4-16(15)23(33)36/h1-10H,11-12H2,(H,30,31,34). The van der Waals surface area contributed by atoms with E-state index in [0.29, 0.717) is 46.4 Å². The lowest BCUT2D eigenvalue weighted by atomic mass is 10.1. The van der Waals surface area contributed by atoms with Gasteiger partial charge in [-0.15, -0.1) is 21.5 Å². The number of nitrogens with one attached hydrogen (secondary N) is 1. The fourth-order valence-electron chi connectivity index (χ4n) is 3.89. The summed E-state index contributed by atoms with van der Waals surface area (Å²) in [6.07, 6.45) is 0. The lowest BCUT2D eigenvalue weighted by Gasteiger charge is -2.13. The van der Waals surface area contributed by atoms with E-state index >= 15 is 0 Å². The van der Waals surface area contributed by atoms with Crippen LogP contribution in [0, 0.1) is 0 Å². The molecule has 6 rings (SSSR count). The molecule has 3 aromatic carbocycles. The van der Waals surface area contributed by atoms with Gasteiger partial charge in [-0.2, -0.15) is 0 Å². The molecule has 0 aliphatic carbocycles. The smallest absolute Gasteiger partial charge is 0.266 e. The van der Waals surface area contributed by atoms with Gasteiger partial charge in [-0.1, -0.05) is 76.3 Å². The molecule has 1 aliphatic heterocycles. The van der Waals surface area contributed by atoms with Crippen molar-refractivity contribution in [3.05, 3.63) is 87.4 Å². The highest BCUT2D eigenvalue weighted by Gasteiger charge is 2.36. The van der Waals surface area contributed by atoms with Gasteiger partial charge < -0.3 is 0 Å². The molecule has 3 heterocycles.